The maximum absolute atomic E-state index is 12.4. The molecule has 31 heavy (non-hydrogen) atoms. The summed E-state index contributed by atoms with van der Waals surface area (Å²) in [7, 11) is 0. The number of allylic oxidation sites excluding steroid dienone is 1. The monoisotopic (exact) mass is 440 g/mol. The molecule has 1 rings (SSSR count). The molecule has 0 heterocycles. The number of hydrogen-bond acceptors (Lipinski definition) is 5. The zero-order chi connectivity index (χ0) is 23.8. The normalized spacial score (nSPS) is 31.3. The van der Waals surface area contributed by atoms with E-state index in [1.165, 1.54) is 0 Å². The highest BCUT2D eigenvalue weighted by Gasteiger charge is 2.50. The third kappa shape index (κ3) is 7.38. The van der Waals surface area contributed by atoms with Gasteiger partial charge in [-0.15, -0.1) is 0 Å². The predicted molar refractivity (Wildman–Crippen MR) is 126 cm³/mol. The Morgan fingerprint density at radius 2 is 1.71 bits per heavy atom. The van der Waals surface area contributed by atoms with E-state index in [1.54, 1.807) is 12.2 Å². The van der Waals surface area contributed by atoms with Gasteiger partial charge in [-0.1, -0.05) is 53.9 Å². The summed E-state index contributed by atoms with van der Waals surface area (Å²) in [5.74, 6) is 0.394. The van der Waals surface area contributed by atoms with Gasteiger partial charge in [0.05, 0.1) is 17.8 Å². The molecule has 0 aromatic carbocycles. The lowest BCUT2D eigenvalue weighted by Crippen LogP contribution is -2.52. The molecule has 0 saturated carbocycles. The molecule has 0 unspecified atom stereocenters. The van der Waals surface area contributed by atoms with Gasteiger partial charge in [-0.25, -0.2) is 0 Å². The van der Waals surface area contributed by atoms with Crippen LogP contribution in [0.4, 0.5) is 0 Å². The lowest BCUT2D eigenvalue weighted by molar-refractivity contribution is -0.135. The fraction of sp³-hybridized carbons (Fsp3) is 0.885. The number of ketones is 1. The Hall–Kier alpha value is -0.750. The van der Waals surface area contributed by atoms with E-state index in [0.717, 1.165) is 38.5 Å². The lowest BCUT2D eigenvalue weighted by Gasteiger charge is -2.48. The zero-order valence-corrected chi connectivity index (χ0v) is 20.7. The summed E-state index contributed by atoms with van der Waals surface area (Å²) < 4.78 is 0. The molecule has 8 atom stereocenters. The minimum Gasteiger partial charge on any atom is -0.396 e. The Kier molecular flexibility index (Phi) is 11.4. The zero-order valence-electron chi connectivity index (χ0n) is 20.7. The largest absolute Gasteiger partial charge is 0.396 e. The van der Waals surface area contributed by atoms with Crippen LogP contribution in [0, 0.1) is 29.1 Å². The van der Waals surface area contributed by atoms with Crippen molar-refractivity contribution in [3.8, 4) is 0 Å². The molecule has 5 heteroatoms. The Bertz CT molecular complexity index is 568. The number of carbonyl (C=O) groups is 1. The topological polar surface area (TPSA) is 98.0 Å². The molecule has 0 saturated heterocycles. The van der Waals surface area contributed by atoms with Crippen LogP contribution in [0.5, 0.6) is 0 Å². The van der Waals surface area contributed by atoms with Crippen LogP contribution in [-0.4, -0.2) is 50.6 Å². The third-order valence-electron chi connectivity index (χ3n) is 8.20. The van der Waals surface area contributed by atoms with E-state index in [4.69, 9.17) is 0 Å². The second kappa shape index (κ2) is 12.5. The minimum absolute atomic E-state index is 0.0537. The summed E-state index contributed by atoms with van der Waals surface area (Å²) in [6.07, 6.45) is 8.39. The van der Waals surface area contributed by atoms with Crippen LogP contribution in [0.1, 0.15) is 92.9 Å². The smallest absolute Gasteiger partial charge is 0.159 e. The fourth-order valence-electron chi connectivity index (χ4n) is 5.19. The maximum atomic E-state index is 12.4. The Balaban J connectivity index is 2.48. The van der Waals surface area contributed by atoms with Crippen LogP contribution < -0.4 is 0 Å². The molecule has 0 spiro atoms. The molecule has 0 aromatic rings. The third-order valence-corrected chi connectivity index (χ3v) is 8.20. The van der Waals surface area contributed by atoms with E-state index >= 15 is 0 Å². The van der Waals surface area contributed by atoms with Gasteiger partial charge in [0.15, 0.2) is 5.78 Å². The van der Waals surface area contributed by atoms with Gasteiger partial charge in [0, 0.05) is 23.9 Å². The van der Waals surface area contributed by atoms with Gasteiger partial charge in [-0.05, 0) is 63.0 Å². The summed E-state index contributed by atoms with van der Waals surface area (Å²) in [4.78, 5) is 12.4. The predicted octanol–water partition coefficient (Wildman–Crippen LogP) is 4.26. The van der Waals surface area contributed by atoms with E-state index < -0.39 is 23.2 Å². The Morgan fingerprint density at radius 1 is 1.06 bits per heavy atom. The fourth-order valence-corrected chi connectivity index (χ4v) is 5.19. The highest BCUT2D eigenvalue weighted by Crippen LogP contribution is 2.48. The van der Waals surface area contributed by atoms with Gasteiger partial charge >= 0.3 is 0 Å². The molecule has 0 aromatic heterocycles. The van der Waals surface area contributed by atoms with Crippen molar-refractivity contribution in [1.82, 2.24) is 0 Å². The first kappa shape index (κ1) is 28.3. The van der Waals surface area contributed by atoms with Crippen molar-refractivity contribution in [3.05, 3.63) is 12.2 Å². The minimum atomic E-state index is -0.977. The van der Waals surface area contributed by atoms with Gasteiger partial charge < -0.3 is 20.4 Å². The van der Waals surface area contributed by atoms with Gasteiger partial charge in [-0.3, -0.25) is 4.79 Å². The first-order valence-corrected chi connectivity index (χ1v) is 12.4. The number of carbonyl (C=O) groups excluding carboxylic acids is 1. The molecule has 0 amide bonds. The molecule has 0 fully saturated rings. The van der Waals surface area contributed by atoms with E-state index in [9.17, 15) is 25.2 Å². The quantitative estimate of drug-likeness (QED) is 0.323. The van der Waals surface area contributed by atoms with Crippen molar-refractivity contribution >= 4 is 5.78 Å². The van der Waals surface area contributed by atoms with Gasteiger partial charge in [0.25, 0.3) is 0 Å². The lowest BCUT2D eigenvalue weighted by atomic mass is 9.58. The standard InChI is InChI=1S/C26H48O5/c1-7-20(17-27)24(30)16-23(29)19(4)12-11-18(3)10-9-14-25(5)21(8-2)22(28)13-15-26(25,6)31/h13,15,18-21,23-24,27,29-31H,7-12,14,16-17H2,1-6H3/t18-,19-,20-,21+,23+,24-,25-,26-/m1/s1. The molecular weight excluding hydrogens is 392 g/mol. The van der Waals surface area contributed by atoms with Crippen LogP contribution in [0.25, 0.3) is 0 Å². The molecule has 182 valence electrons. The summed E-state index contributed by atoms with van der Waals surface area (Å²) >= 11 is 0. The van der Waals surface area contributed by atoms with Crippen molar-refractivity contribution in [3.63, 3.8) is 0 Å². The maximum Gasteiger partial charge on any atom is 0.159 e. The van der Waals surface area contributed by atoms with Crippen molar-refractivity contribution < 1.29 is 25.2 Å². The Labute approximate surface area is 190 Å². The van der Waals surface area contributed by atoms with E-state index in [2.05, 4.69) is 6.92 Å². The van der Waals surface area contributed by atoms with Crippen molar-refractivity contribution in [2.45, 2.75) is 111 Å². The first-order chi connectivity index (χ1) is 14.4. The molecule has 0 aliphatic heterocycles. The molecule has 0 radical (unpaired) electrons. The molecule has 0 bridgehead atoms. The van der Waals surface area contributed by atoms with Crippen molar-refractivity contribution in [2.75, 3.05) is 6.61 Å². The summed E-state index contributed by atoms with van der Waals surface area (Å²) in [6, 6.07) is 0. The second-order valence-corrected chi connectivity index (χ2v) is 10.5. The second-order valence-electron chi connectivity index (χ2n) is 10.5. The molecule has 1 aliphatic carbocycles. The number of hydrogen-bond donors (Lipinski definition) is 4. The first-order valence-electron chi connectivity index (χ1n) is 12.4. The highest BCUT2D eigenvalue weighted by molar-refractivity contribution is 5.93. The van der Waals surface area contributed by atoms with Crippen molar-refractivity contribution in [1.29, 1.82) is 0 Å². The molecule has 5 nitrogen and oxygen atoms in total. The van der Waals surface area contributed by atoms with E-state index in [0.29, 0.717) is 18.8 Å². The SMILES string of the molecule is CC[C@H](CO)[C@H](O)C[C@H](O)[C@H](C)CC[C@H](C)CCC[C@]1(C)[C@@H](CC)C(=O)C=C[C@@]1(C)O. The highest BCUT2D eigenvalue weighted by atomic mass is 16.3. The van der Waals surface area contributed by atoms with Crippen LogP contribution in [0.3, 0.4) is 0 Å². The average molecular weight is 441 g/mol. The molecule has 1 aliphatic rings. The number of rotatable bonds is 14. The van der Waals surface area contributed by atoms with Gasteiger partial charge in [-0.2, -0.15) is 0 Å². The van der Waals surface area contributed by atoms with Crippen LogP contribution in [0.2, 0.25) is 0 Å². The number of aliphatic hydroxyl groups is 4. The van der Waals surface area contributed by atoms with Gasteiger partial charge in [0.1, 0.15) is 0 Å². The summed E-state index contributed by atoms with van der Waals surface area (Å²) in [6.45, 7) is 12.0. The summed E-state index contributed by atoms with van der Waals surface area (Å²) in [5.41, 5.74) is -1.43. The molecule has 4 N–H and O–H groups in total. The van der Waals surface area contributed by atoms with E-state index in [1.807, 2.05) is 34.6 Å². The average Bonchev–Trinajstić information content (AvgIpc) is 2.70. The summed E-state index contributed by atoms with van der Waals surface area (Å²) in [5, 5.41) is 40.9. The Morgan fingerprint density at radius 3 is 2.26 bits per heavy atom. The number of aliphatic hydroxyl groups excluding tert-OH is 3. The van der Waals surface area contributed by atoms with E-state index in [-0.39, 0.29) is 30.1 Å². The van der Waals surface area contributed by atoms with Gasteiger partial charge in [0.2, 0.25) is 0 Å². The van der Waals surface area contributed by atoms with Crippen LogP contribution in [0.15, 0.2) is 12.2 Å². The van der Waals surface area contributed by atoms with Crippen LogP contribution >= 0.6 is 0 Å². The molecular formula is C26H48O5. The van der Waals surface area contributed by atoms with Crippen LogP contribution in [-0.2, 0) is 4.79 Å². The van der Waals surface area contributed by atoms with Crippen molar-refractivity contribution in [2.24, 2.45) is 29.1 Å².